The summed E-state index contributed by atoms with van der Waals surface area (Å²) in [7, 11) is 0. The van der Waals surface area contributed by atoms with Crippen molar-refractivity contribution in [2.24, 2.45) is 0 Å². The van der Waals surface area contributed by atoms with E-state index in [2.05, 4.69) is 28.5 Å². The molecule has 0 aliphatic carbocycles. The predicted octanol–water partition coefficient (Wildman–Crippen LogP) is 4.42. The molecule has 0 aliphatic rings. The van der Waals surface area contributed by atoms with E-state index in [-0.39, 0.29) is 5.97 Å². The number of carbonyl (C=O) groups is 1. The standard InChI is InChI=1S/C16H19IO2/c1-2-3-4-5-6-7-10-13-19-16(18)14-11-8-9-12-15(14)17/h1,8-9,11-12H,3-7,10,13H2. The van der Waals surface area contributed by atoms with E-state index < -0.39 is 0 Å². The summed E-state index contributed by atoms with van der Waals surface area (Å²) in [6.45, 7) is 0.499. The van der Waals surface area contributed by atoms with Gasteiger partial charge in [-0.15, -0.1) is 12.3 Å². The highest BCUT2D eigenvalue weighted by Crippen LogP contribution is 2.13. The topological polar surface area (TPSA) is 26.3 Å². The van der Waals surface area contributed by atoms with E-state index in [0.717, 1.165) is 42.1 Å². The second-order valence-corrected chi connectivity index (χ2v) is 5.50. The van der Waals surface area contributed by atoms with Crippen molar-refractivity contribution in [3.63, 3.8) is 0 Å². The zero-order chi connectivity index (χ0) is 13.9. The molecule has 0 bridgehead atoms. The van der Waals surface area contributed by atoms with E-state index in [9.17, 15) is 4.79 Å². The smallest absolute Gasteiger partial charge is 0.339 e. The Bertz CT molecular complexity index is 435. The molecular formula is C16H19IO2. The molecule has 0 saturated carbocycles. The van der Waals surface area contributed by atoms with Crippen molar-refractivity contribution in [3.05, 3.63) is 33.4 Å². The molecule has 0 heterocycles. The van der Waals surface area contributed by atoms with Crippen molar-refractivity contribution < 1.29 is 9.53 Å². The van der Waals surface area contributed by atoms with Gasteiger partial charge in [-0.1, -0.05) is 31.4 Å². The molecule has 0 radical (unpaired) electrons. The Morgan fingerprint density at radius 3 is 2.58 bits per heavy atom. The van der Waals surface area contributed by atoms with Gasteiger partial charge in [-0.3, -0.25) is 0 Å². The number of rotatable bonds is 8. The molecule has 1 aromatic rings. The van der Waals surface area contributed by atoms with Crippen molar-refractivity contribution in [2.45, 2.75) is 38.5 Å². The van der Waals surface area contributed by atoms with Crippen LogP contribution in [0.1, 0.15) is 48.9 Å². The molecule has 19 heavy (non-hydrogen) atoms. The second-order valence-electron chi connectivity index (χ2n) is 4.34. The number of terminal acetylenes is 1. The largest absolute Gasteiger partial charge is 0.462 e. The van der Waals surface area contributed by atoms with Crippen LogP contribution in [0.4, 0.5) is 0 Å². The molecule has 0 amide bonds. The molecule has 0 saturated heterocycles. The lowest BCUT2D eigenvalue weighted by molar-refractivity contribution is 0.0496. The number of unbranched alkanes of at least 4 members (excludes halogenated alkanes) is 5. The Labute approximate surface area is 129 Å². The Morgan fingerprint density at radius 2 is 1.84 bits per heavy atom. The lowest BCUT2D eigenvalue weighted by Gasteiger charge is -2.06. The van der Waals surface area contributed by atoms with Crippen LogP contribution in [0, 0.1) is 15.9 Å². The van der Waals surface area contributed by atoms with Gasteiger partial charge in [0.1, 0.15) is 0 Å². The third-order valence-corrected chi connectivity index (χ3v) is 3.73. The van der Waals surface area contributed by atoms with Crippen molar-refractivity contribution >= 4 is 28.6 Å². The van der Waals surface area contributed by atoms with E-state index in [0.29, 0.717) is 12.2 Å². The van der Waals surface area contributed by atoms with Gasteiger partial charge < -0.3 is 4.74 Å². The first-order chi connectivity index (χ1) is 9.25. The van der Waals surface area contributed by atoms with Gasteiger partial charge in [0.05, 0.1) is 12.2 Å². The van der Waals surface area contributed by atoms with Crippen molar-refractivity contribution in [2.75, 3.05) is 6.61 Å². The first kappa shape index (κ1) is 16.0. The summed E-state index contributed by atoms with van der Waals surface area (Å²) in [6, 6.07) is 7.46. The lowest BCUT2D eigenvalue weighted by Crippen LogP contribution is -2.08. The Hall–Kier alpha value is -1.02. The van der Waals surface area contributed by atoms with Gasteiger partial charge in [-0.05, 0) is 47.6 Å². The highest BCUT2D eigenvalue weighted by atomic mass is 127. The lowest BCUT2D eigenvalue weighted by atomic mass is 10.1. The fraction of sp³-hybridized carbons (Fsp3) is 0.438. The van der Waals surface area contributed by atoms with Gasteiger partial charge in [0.25, 0.3) is 0 Å². The second kappa shape index (κ2) is 9.85. The average Bonchev–Trinajstić information content (AvgIpc) is 2.42. The van der Waals surface area contributed by atoms with Gasteiger partial charge in [0.2, 0.25) is 0 Å². The van der Waals surface area contributed by atoms with Gasteiger partial charge >= 0.3 is 5.97 Å². The molecule has 0 spiro atoms. The first-order valence-electron chi connectivity index (χ1n) is 6.61. The Balaban J connectivity index is 2.12. The summed E-state index contributed by atoms with van der Waals surface area (Å²) in [5.74, 6) is 2.41. The van der Waals surface area contributed by atoms with Crippen LogP contribution in [-0.2, 0) is 4.74 Å². The van der Waals surface area contributed by atoms with E-state index in [4.69, 9.17) is 11.2 Å². The quantitative estimate of drug-likeness (QED) is 0.293. The average molecular weight is 370 g/mol. The van der Waals surface area contributed by atoms with Gasteiger partial charge in [0, 0.05) is 9.99 Å². The summed E-state index contributed by atoms with van der Waals surface area (Å²) in [6.07, 6.45) is 11.5. The third-order valence-electron chi connectivity index (χ3n) is 2.79. The number of halogens is 1. The summed E-state index contributed by atoms with van der Waals surface area (Å²) in [4.78, 5) is 11.8. The summed E-state index contributed by atoms with van der Waals surface area (Å²) < 4.78 is 6.19. The van der Waals surface area contributed by atoms with E-state index in [1.54, 1.807) is 6.07 Å². The van der Waals surface area contributed by atoms with Crippen molar-refractivity contribution in [3.8, 4) is 12.3 Å². The molecule has 0 aromatic heterocycles. The van der Waals surface area contributed by atoms with E-state index in [1.165, 1.54) is 0 Å². The van der Waals surface area contributed by atoms with Gasteiger partial charge in [-0.2, -0.15) is 0 Å². The minimum atomic E-state index is -0.225. The monoisotopic (exact) mass is 370 g/mol. The van der Waals surface area contributed by atoms with Crippen LogP contribution in [0.2, 0.25) is 0 Å². The van der Waals surface area contributed by atoms with Crippen LogP contribution < -0.4 is 0 Å². The molecule has 0 aliphatic heterocycles. The molecule has 102 valence electrons. The summed E-state index contributed by atoms with van der Waals surface area (Å²) in [5, 5.41) is 0. The third kappa shape index (κ3) is 6.63. The number of hydrogen-bond acceptors (Lipinski definition) is 2. The number of hydrogen-bond donors (Lipinski definition) is 0. The van der Waals surface area contributed by atoms with E-state index in [1.807, 2.05) is 18.2 Å². The number of benzene rings is 1. The molecule has 2 nitrogen and oxygen atoms in total. The first-order valence-corrected chi connectivity index (χ1v) is 7.68. The molecule has 3 heteroatoms. The SMILES string of the molecule is C#CCCCCCCCOC(=O)c1ccccc1I. The number of carbonyl (C=O) groups excluding carboxylic acids is 1. The molecular weight excluding hydrogens is 351 g/mol. The van der Waals surface area contributed by atoms with Gasteiger partial charge in [-0.25, -0.2) is 4.79 Å². The minimum Gasteiger partial charge on any atom is -0.462 e. The zero-order valence-corrected chi connectivity index (χ0v) is 13.2. The van der Waals surface area contributed by atoms with Gasteiger partial charge in [0.15, 0.2) is 0 Å². The number of esters is 1. The molecule has 1 rings (SSSR count). The van der Waals surface area contributed by atoms with Crippen LogP contribution in [0.25, 0.3) is 0 Å². The summed E-state index contributed by atoms with van der Waals surface area (Å²) in [5.41, 5.74) is 0.650. The Kier molecular flexibility index (Phi) is 8.31. The highest BCUT2D eigenvalue weighted by Gasteiger charge is 2.09. The predicted molar refractivity (Wildman–Crippen MR) is 86.0 cm³/mol. The molecule has 0 unspecified atom stereocenters. The van der Waals surface area contributed by atoms with E-state index >= 15 is 0 Å². The molecule has 0 N–H and O–H groups in total. The fourth-order valence-electron chi connectivity index (χ4n) is 1.73. The van der Waals surface area contributed by atoms with Crippen LogP contribution in [0.15, 0.2) is 24.3 Å². The Morgan fingerprint density at radius 1 is 1.16 bits per heavy atom. The molecule has 0 fully saturated rings. The van der Waals surface area contributed by atoms with Crippen LogP contribution in [0.3, 0.4) is 0 Å². The maximum absolute atomic E-state index is 11.8. The maximum Gasteiger partial charge on any atom is 0.339 e. The van der Waals surface area contributed by atoms with Crippen molar-refractivity contribution in [1.82, 2.24) is 0 Å². The zero-order valence-electron chi connectivity index (χ0n) is 11.0. The van der Waals surface area contributed by atoms with Crippen LogP contribution >= 0.6 is 22.6 Å². The normalized spacial score (nSPS) is 9.89. The van der Waals surface area contributed by atoms with Crippen LogP contribution in [-0.4, -0.2) is 12.6 Å². The van der Waals surface area contributed by atoms with Crippen LogP contribution in [0.5, 0.6) is 0 Å². The molecule has 0 atom stereocenters. The minimum absolute atomic E-state index is 0.225. The summed E-state index contributed by atoms with van der Waals surface area (Å²) >= 11 is 2.15. The van der Waals surface area contributed by atoms with Crippen molar-refractivity contribution in [1.29, 1.82) is 0 Å². The molecule has 1 aromatic carbocycles. The number of ether oxygens (including phenoxy) is 1. The maximum atomic E-state index is 11.8. The highest BCUT2D eigenvalue weighted by molar-refractivity contribution is 14.1. The fourth-order valence-corrected chi connectivity index (χ4v) is 2.34.